The van der Waals surface area contributed by atoms with Crippen molar-refractivity contribution in [3.63, 3.8) is 0 Å². The van der Waals surface area contributed by atoms with Gasteiger partial charge in [0.25, 0.3) is 0 Å². The molecule has 0 aromatic rings. The molecule has 4 heteroatoms. The Bertz CT molecular complexity index is 559. The number of rotatable bonds is 8. The summed E-state index contributed by atoms with van der Waals surface area (Å²) in [5.74, 6) is 0.110. The lowest BCUT2D eigenvalue weighted by atomic mass is 9.78. The average molecular weight is 350 g/mol. The van der Waals surface area contributed by atoms with Crippen molar-refractivity contribution >= 4 is 11.6 Å². The molecule has 1 rings (SSSR count). The zero-order valence-corrected chi connectivity index (χ0v) is 16.9. The first-order chi connectivity index (χ1) is 11.6. The normalized spacial score (nSPS) is 27.1. The van der Waals surface area contributed by atoms with Crippen molar-refractivity contribution in [2.75, 3.05) is 6.54 Å². The smallest absolute Gasteiger partial charge is 0.201 e. The lowest BCUT2D eigenvalue weighted by molar-refractivity contribution is -0.140. The van der Waals surface area contributed by atoms with E-state index < -0.39 is 17.4 Å². The van der Waals surface area contributed by atoms with Gasteiger partial charge in [0.05, 0.1) is 11.6 Å². The summed E-state index contributed by atoms with van der Waals surface area (Å²) < 4.78 is 0. The van der Waals surface area contributed by atoms with Crippen molar-refractivity contribution < 1.29 is 14.7 Å². The molecule has 0 aromatic heterocycles. The molecule has 0 spiro atoms. The minimum absolute atomic E-state index is 0.128. The third kappa shape index (κ3) is 4.81. The van der Waals surface area contributed by atoms with Crippen LogP contribution in [0.25, 0.3) is 0 Å². The number of nitrogens with zero attached hydrogens (tertiary/aromatic N) is 1. The number of hydrogen-bond donors (Lipinski definition) is 1. The van der Waals surface area contributed by atoms with Crippen LogP contribution in [-0.4, -0.2) is 39.8 Å². The maximum absolute atomic E-state index is 12.8. The Labute approximate surface area is 153 Å². The predicted octanol–water partition coefficient (Wildman–Crippen LogP) is 3.89. The summed E-state index contributed by atoms with van der Waals surface area (Å²) in [6.45, 7) is 14.5. The Morgan fingerprint density at radius 1 is 1.32 bits per heavy atom. The largest absolute Gasteiger partial charge is 0.379 e. The van der Waals surface area contributed by atoms with E-state index in [2.05, 4.69) is 33.8 Å². The van der Waals surface area contributed by atoms with Crippen LogP contribution in [0.3, 0.4) is 0 Å². The minimum Gasteiger partial charge on any atom is -0.379 e. The molecule has 25 heavy (non-hydrogen) atoms. The van der Waals surface area contributed by atoms with Gasteiger partial charge in [-0.1, -0.05) is 59.1 Å². The van der Waals surface area contributed by atoms with Crippen LogP contribution in [0, 0.1) is 11.8 Å². The Balaban J connectivity index is 3.43. The average Bonchev–Trinajstić information content (AvgIpc) is 2.56. The van der Waals surface area contributed by atoms with Gasteiger partial charge in [0.2, 0.25) is 5.78 Å². The topological polar surface area (TPSA) is 57.6 Å². The predicted molar refractivity (Wildman–Crippen MR) is 102 cm³/mol. The van der Waals surface area contributed by atoms with E-state index in [9.17, 15) is 14.7 Å². The molecule has 0 unspecified atom stereocenters. The fraction of sp³-hybridized carbons (Fsp3) is 0.714. The number of hydrogen-bond acceptors (Lipinski definition) is 4. The molecule has 1 aliphatic rings. The molecule has 0 radical (unpaired) electrons. The summed E-state index contributed by atoms with van der Waals surface area (Å²) in [6.07, 6.45) is 6.09. The molecule has 0 bridgehead atoms. The lowest BCUT2D eigenvalue weighted by Gasteiger charge is -2.45. The van der Waals surface area contributed by atoms with Crippen molar-refractivity contribution in [2.24, 2.45) is 11.8 Å². The van der Waals surface area contributed by atoms with Crippen molar-refractivity contribution in [3.05, 3.63) is 23.4 Å². The highest BCUT2D eigenvalue weighted by atomic mass is 16.3. The van der Waals surface area contributed by atoms with Gasteiger partial charge in [0, 0.05) is 19.2 Å². The van der Waals surface area contributed by atoms with Crippen LogP contribution in [0.15, 0.2) is 23.4 Å². The third-order valence-electron chi connectivity index (χ3n) is 5.33. The van der Waals surface area contributed by atoms with E-state index in [0.29, 0.717) is 18.4 Å². The third-order valence-corrected chi connectivity index (χ3v) is 5.33. The van der Waals surface area contributed by atoms with Gasteiger partial charge in [-0.25, -0.2) is 0 Å². The number of aliphatic hydroxyl groups is 1. The first-order valence-corrected chi connectivity index (χ1v) is 9.56. The van der Waals surface area contributed by atoms with Gasteiger partial charge < -0.3 is 10.0 Å². The Morgan fingerprint density at radius 2 is 1.92 bits per heavy atom. The molecular weight excluding hydrogens is 314 g/mol. The van der Waals surface area contributed by atoms with E-state index in [1.807, 2.05) is 11.8 Å². The zero-order chi connectivity index (χ0) is 19.4. The number of carbonyl (C=O) groups is 2. The molecule has 0 saturated carbocycles. The summed E-state index contributed by atoms with van der Waals surface area (Å²) in [6, 6.07) is -0.434. The van der Waals surface area contributed by atoms with Crippen LogP contribution in [0.5, 0.6) is 0 Å². The first kappa shape index (κ1) is 21.6. The van der Waals surface area contributed by atoms with Gasteiger partial charge in [-0.3, -0.25) is 9.59 Å². The maximum Gasteiger partial charge on any atom is 0.201 e. The molecule has 0 fully saturated rings. The molecular formula is C21H35NO3. The monoisotopic (exact) mass is 349 g/mol. The SMILES string of the molecule is CCC(=O)C1=CN(C[C@H](C)CC)[C@H](/C(C)=C/[C@H](C)CC)[C@](C)(O)C1=O. The molecule has 1 aliphatic heterocycles. The number of allylic oxidation sites excluding steroid dienone is 1. The van der Waals surface area contributed by atoms with Crippen LogP contribution < -0.4 is 0 Å². The summed E-state index contributed by atoms with van der Waals surface area (Å²) in [4.78, 5) is 27.1. The summed E-state index contributed by atoms with van der Waals surface area (Å²) in [7, 11) is 0. The molecule has 1 heterocycles. The Kier molecular flexibility index (Phi) is 7.61. The minimum atomic E-state index is -1.60. The second kappa shape index (κ2) is 8.79. The van der Waals surface area contributed by atoms with Gasteiger partial charge >= 0.3 is 0 Å². The first-order valence-electron chi connectivity index (χ1n) is 9.56. The van der Waals surface area contributed by atoms with Gasteiger partial charge in [0.15, 0.2) is 5.78 Å². The number of Topliss-reactive ketones (excluding diaryl/α,β-unsaturated/α-hetero) is 2. The van der Waals surface area contributed by atoms with Crippen LogP contribution in [-0.2, 0) is 9.59 Å². The molecule has 0 amide bonds. The van der Waals surface area contributed by atoms with Crippen molar-refractivity contribution in [1.29, 1.82) is 0 Å². The highest BCUT2D eigenvalue weighted by molar-refractivity contribution is 6.23. The molecule has 4 atom stereocenters. The van der Waals surface area contributed by atoms with Crippen molar-refractivity contribution in [1.82, 2.24) is 4.90 Å². The quantitative estimate of drug-likeness (QED) is 0.533. The van der Waals surface area contributed by atoms with E-state index in [1.54, 1.807) is 20.0 Å². The van der Waals surface area contributed by atoms with Crippen molar-refractivity contribution in [3.8, 4) is 0 Å². The number of ketones is 2. The molecule has 1 N–H and O–H groups in total. The Hall–Kier alpha value is -1.42. The highest BCUT2D eigenvalue weighted by Crippen LogP contribution is 2.34. The van der Waals surface area contributed by atoms with Crippen LogP contribution in [0.1, 0.15) is 67.7 Å². The fourth-order valence-electron chi connectivity index (χ4n) is 3.42. The second-order valence-corrected chi connectivity index (χ2v) is 7.71. The molecule has 4 nitrogen and oxygen atoms in total. The van der Waals surface area contributed by atoms with Gasteiger partial charge in [-0.05, 0) is 25.7 Å². The van der Waals surface area contributed by atoms with Gasteiger partial charge in [-0.15, -0.1) is 0 Å². The molecule has 0 saturated heterocycles. The van der Waals surface area contributed by atoms with Crippen LogP contribution in [0.4, 0.5) is 0 Å². The van der Waals surface area contributed by atoms with E-state index >= 15 is 0 Å². The van der Waals surface area contributed by atoms with E-state index in [1.165, 1.54) is 0 Å². The van der Waals surface area contributed by atoms with Crippen LogP contribution >= 0.6 is 0 Å². The fourth-order valence-corrected chi connectivity index (χ4v) is 3.42. The standard InChI is InChI=1S/C21H35NO3/c1-8-14(4)11-16(6)19-21(7,25)20(24)17(18(23)10-3)13-22(19)12-15(5)9-2/h11,13-15,19,25H,8-10,12H2,1-7H3/b16-11+/t14-,15-,19-,21+/m1/s1. The zero-order valence-electron chi connectivity index (χ0n) is 16.9. The van der Waals surface area contributed by atoms with Gasteiger partial charge in [-0.2, -0.15) is 0 Å². The van der Waals surface area contributed by atoms with Crippen molar-refractivity contribution in [2.45, 2.75) is 79.4 Å². The summed E-state index contributed by atoms with van der Waals surface area (Å²) in [5.41, 5.74) is -0.491. The summed E-state index contributed by atoms with van der Waals surface area (Å²) in [5, 5.41) is 11.1. The maximum atomic E-state index is 12.8. The lowest BCUT2D eigenvalue weighted by Crippen LogP contribution is -2.59. The summed E-state index contributed by atoms with van der Waals surface area (Å²) >= 11 is 0. The van der Waals surface area contributed by atoms with E-state index in [-0.39, 0.29) is 17.8 Å². The number of carbonyl (C=O) groups excluding carboxylic acids is 2. The molecule has 0 aliphatic carbocycles. The molecule has 0 aromatic carbocycles. The van der Waals surface area contributed by atoms with Gasteiger partial charge in [0.1, 0.15) is 5.60 Å². The highest BCUT2D eigenvalue weighted by Gasteiger charge is 2.48. The van der Waals surface area contributed by atoms with E-state index in [0.717, 1.165) is 18.4 Å². The molecule has 142 valence electrons. The van der Waals surface area contributed by atoms with Crippen LogP contribution in [0.2, 0.25) is 0 Å². The Morgan fingerprint density at radius 3 is 2.40 bits per heavy atom. The second-order valence-electron chi connectivity index (χ2n) is 7.71. The van der Waals surface area contributed by atoms with E-state index in [4.69, 9.17) is 0 Å².